The van der Waals surface area contributed by atoms with Gasteiger partial charge in [-0.05, 0) is 30.0 Å². The van der Waals surface area contributed by atoms with Crippen LogP contribution >= 0.6 is 34.3 Å². The van der Waals surface area contributed by atoms with Gasteiger partial charge in [-0.25, -0.2) is 4.98 Å². The van der Waals surface area contributed by atoms with Crippen LogP contribution in [0.4, 0.5) is 0 Å². The van der Waals surface area contributed by atoms with Crippen LogP contribution in [-0.4, -0.2) is 15.3 Å². The minimum Gasteiger partial charge on any atom is -0.348 e. The van der Waals surface area contributed by atoms with E-state index >= 15 is 0 Å². The molecule has 4 nitrogen and oxygen atoms in total. The van der Waals surface area contributed by atoms with E-state index in [4.69, 9.17) is 11.6 Å². The summed E-state index contributed by atoms with van der Waals surface area (Å²) < 4.78 is 1.86. The lowest BCUT2D eigenvalue weighted by Gasteiger charge is -2.01. The van der Waals surface area contributed by atoms with Crippen molar-refractivity contribution in [1.29, 1.82) is 0 Å². The predicted octanol–water partition coefficient (Wildman–Crippen LogP) is 3.75. The molecule has 0 aromatic carbocycles. The standard InChI is InChI=1S/C14H12ClN3OS2/c1-9-4-6-20-11(9)8-16-12(19)3-2-10-13(15)17-14-18(10)5-7-21-14/h2-7H,8H2,1H3,(H,16,19)/b3-2+. The molecule has 0 aliphatic carbocycles. The third-order valence-corrected chi connectivity index (χ3v) is 5.10. The molecule has 1 N–H and O–H groups in total. The summed E-state index contributed by atoms with van der Waals surface area (Å²) in [6.07, 6.45) is 5.05. The summed E-state index contributed by atoms with van der Waals surface area (Å²) in [4.78, 5) is 18.1. The summed E-state index contributed by atoms with van der Waals surface area (Å²) in [6, 6.07) is 2.04. The average molecular weight is 338 g/mol. The Balaban J connectivity index is 1.68. The molecule has 3 rings (SSSR count). The van der Waals surface area contributed by atoms with E-state index in [1.54, 1.807) is 17.4 Å². The molecule has 3 heterocycles. The van der Waals surface area contributed by atoms with Gasteiger partial charge in [0.15, 0.2) is 10.1 Å². The van der Waals surface area contributed by atoms with Crippen molar-refractivity contribution in [1.82, 2.24) is 14.7 Å². The summed E-state index contributed by atoms with van der Waals surface area (Å²) in [6.45, 7) is 2.58. The van der Waals surface area contributed by atoms with Gasteiger partial charge in [0.25, 0.3) is 0 Å². The fourth-order valence-corrected chi connectivity index (χ4v) is 3.74. The Hall–Kier alpha value is -1.63. The molecule has 21 heavy (non-hydrogen) atoms. The van der Waals surface area contributed by atoms with E-state index in [1.165, 1.54) is 27.9 Å². The molecule has 0 aliphatic rings. The van der Waals surface area contributed by atoms with Gasteiger partial charge in [-0.3, -0.25) is 9.20 Å². The van der Waals surface area contributed by atoms with Gasteiger partial charge < -0.3 is 5.32 Å². The molecular weight excluding hydrogens is 326 g/mol. The number of hydrogen-bond donors (Lipinski definition) is 1. The smallest absolute Gasteiger partial charge is 0.244 e. The average Bonchev–Trinajstić information content (AvgIpc) is 3.12. The Kier molecular flexibility index (Phi) is 4.10. The topological polar surface area (TPSA) is 46.4 Å². The first-order chi connectivity index (χ1) is 10.1. The number of fused-ring (bicyclic) bond motifs is 1. The largest absolute Gasteiger partial charge is 0.348 e. The molecule has 0 fully saturated rings. The van der Waals surface area contributed by atoms with Gasteiger partial charge in [-0.2, -0.15) is 0 Å². The molecule has 0 saturated heterocycles. The van der Waals surface area contributed by atoms with E-state index in [9.17, 15) is 4.79 Å². The Morgan fingerprint density at radius 2 is 2.33 bits per heavy atom. The molecule has 0 bridgehead atoms. The Bertz CT molecular complexity index is 815. The molecule has 0 aliphatic heterocycles. The van der Waals surface area contributed by atoms with Gasteiger partial charge in [-0.15, -0.1) is 22.7 Å². The van der Waals surface area contributed by atoms with E-state index in [-0.39, 0.29) is 5.91 Å². The summed E-state index contributed by atoms with van der Waals surface area (Å²) in [7, 11) is 0. The second-order valence-electron chi connectivity index (χ2n) is 4.42. The number of thiazole rings is 1. The summed E-state index contributed by atoms with van der Waals surface area (Å²) in [5.41, 5.74) is 1.92. The summed E-state index contributed by atoms with van der Waals surface area (Å²) >= 11 is 9.21. The van der Waals surface area contributed by atoms with Crippen LogP contribution in [0, 0.1) is 6.92 Å². The Morgan fingerprint density at radius 1 is 1.48 bits per heavy atom. The number of nitrogens with zero attached hydrogens (tertiary/aromatic N) is 2. The lowest BCUT2D eigenvalue weighted by atomic mass is 10.3. The van der Waals surface area contributed by atoms with Crippen LogP contribution in [0.1, 0.15) is 16.1 Å². The number of rotatable bonds is 4. The minimum atomic E-state index is -0.149. The van der Waals surface area contributed by atoms with Gasteiger partial charge in [0.1, 0.15) is 0 Å². The Labute approximate surface area is 134 Å². The van der Waals surface area contributed by atoms with Crippen molar-refractivity contribution in [3.63, 3.8) is 0 Å². The van der Waals surface area contributed by atoms with E-state index in [0.717, 1.165) is 10.7 Å². The number of carbonyl (C=O) groups excluding carboxylic acids is 1. The lowest BCUT2D eigenvalue weighted by Crippen LogP contribution is -2.19. The predicted molar refractivity (Wildman–Crippen MR) is 88.0 cm³/mol. The second kappa shape index (κ2) is 6.01. The van der Waals surface area contributed by atoms with Gasteiger partial charge in [0.2, 0.25) is 5.91 Å². The molecule has 1 amide bonds. The normalized spacial score (nSPS) is 11.5. The van der Waals surface area contributed by atoms with Gasteiger partial charge in [0, 0.05) is 22.5 Å². The third kappa shape index (κ3) is 3.02. The van der Waals surface area contributed by atoms with Crippen LogP contribution in [0.2, 0.25) is 5.15 Å². The van der Waals surface area contributed by atoms with Crippen LogP contribution < -0.4 is 5.32 Å². The number of amides is 1. The summed E-state index contributed by atoms with van der Waals surface area (Å²) in [5.74, 6) is -0.149. The molecule has 3 aromatic rings. The fraction of sp³-hybridized carbons (Fsp3) is 0.143. The summed E-state index contributed by atoms with van der Waals surface area (Å²) in [5, 5.41) is 7.21. The number of nitrogens with one attached hydrogen (secondary N) is 1. The van der Waals surface area contributed by atoms with Crippen molar-refractivity contribution >= 4 is 51.2 Å². The highest BCUT2D eigenvalue weighted by molar-refractivity contribution is 7.15. The van der Waals surface area contributed by atoms with Gasteiger partial charge in [0.05, 0.1) is 12.2 Å². The maximum atomic E-state index is 11.9. The maximum Gasteiger partial charge on any atom is 0.244 e. The molecule has 0 unspecified atom stereocenters. The Morgan fingerprint density at radius 3 is 3.10 bits per heavy atom. The van der Waals surface area contributed by atoms with Crippen LogP contribution in [0.3, 0.4) is 0 Å². The van der Waals surface area contributed by atoms with Crippen molar-refractivity contribution in [2.24, 2.45) is 0 Å². The molecule has 0 spiro atoms. The van der Waals surface area contributed by atoms with Gasteiger partial charge in [-0.1, -0.05) is 11.6 Å². The SMILES string of the molecule is Cc1ccsc1CNC(=O)/C=C/c1c(Cl)nc2sccn12. The number of halogens is 1. The monoisotopic (exact) mass is 337 g/mol. The van der Waals surface area contributed by atoms with Gasteiger partial charge >= 0.3 is 0 Å². The van der Waals surface area contributed by atoms with E-state index in [2.05, 4.69) is 10.3 Å². The fourth-order valence-electron chi connectivity index (χ4n) is 1.89. The molecular formula is C14H12ClN3OS2. The van der Waals surface area contributed by atoms with Crippen molar-refractivity contribution in [3.05, 3.63) is 50.4 Å². The highest BCUT2D eigenvalue weighted by Gasteiger charge is 2.08. The zero-order valence-electron chi connectivity index (χ0n) is 11.2. The van der Waals surface area contributed by atoms with E-state index < -0.39 is 0 Å². The zero-order chi connectivity index (χ0) is 14.8. The molecule has 108 valence electrons. The first-order valence-electron chi connectivity index (χ1n) is 6.25. The number of carbonyl (C=O) groups is 1. The second-order valence-corrected chi connectivity index (χ2v) is 6.65. The minimum absolute atomic E-state index is 0.149. The van der Waals surface area contributed by atoms with Crippen molar-refractivity contribution in [2.75, 3.05) is 0 Å². The quantitative estimate of drug-likeness (QED) is 0.737. The lowest BCUT2D eigenvalue weighted by molar-refractivity contribution is -0.116. The molecule has 3 aromatic heterocycles. The first kappa shape index (κ1) is 14.3. The number of imidazole rings is 1. The van der Waals surface area contributed by atoms with Crippen molar-refractivity contribution in [3.8, 4) is 0 Å². The highest BCUT2D eigenvalue weighted by atomic mass is 35.5. The highest BCUT2D eigenvalue weighted by Crippen LogP contribution is 2.22. The van der Waals surface area contributed by atoms with Crippen molar-refractivity contribution < 1.29 is 4.79 Å². The number of aromatic nitrogens is 2. The molecule has 0 saturated carbocycles. The van der Waals surface area contributed by atoms with E-state index in [1.807, 2.05) is 34.3 Å². The van der Waals surface area contributed by atoms with E-state index in [0.29, 0.717) is 11.7 Å². The molecule has 0 radical (unpaired) electrons. The van der Waals surface area contributed by atoms with Crippen LogP contribution in [-0.2, 0) is 11.3 Å². The maximum absolute atomic E-state index is 11.9. The van der Waals surface area contributed by atoms with Crippen LogP contribution in [0.5, 0.6) is 0 Å². The third-order valence-electron chi connectivity index (χ3n) is 3.04. The molecule has 7 heteroatoms. The molecule has 0 atom stereocenters. The first-order valence-corrected chi connectivity index (χ1v) is 8.39. The zero-order valence-corrected chi connectivity index (χ0v) is 13.6. The number of aryl methyl sites for hydroxylation is 1. The van der Waals surface area contributed by atoms with Crippen molar-refractivity contribution in [2.45, 2.75) is 13.5 Å². The number of hydrogen-bond acceptors (Lipinski definition) is 4. The van der Waals surface area contributed by atoms with Crippen LogP contribution in [0.15, 0.2) is 29.1 Å². The van der Waals surface area contributed by atoms with Crippen LogP contribution in [0.25, 0.3) is 11.0 Å². The number of thiophene rings is 1.